The van der Waals surface area contributed by atoms with Gasteiger partial charge in [0.25, 0.3) is 6.71 Å². The topological polar surface area (TPSA) is 9.72 Å². The molecule has 0 fully saturated rings. The zero-order chi connectivity index (χ0) is 56.9. The second-order valence-electron chi connectivity index (χ2n) is 29.0. The smallest absolute Gasteiger partial charge is 0.252 e. The number of aryl methyl sites for hydroxylation is 1. The molecular weight excluding hydrogens is 978 g/mol. The number of benzene rings is 9. The third kappa shape index (κ3) is 8.60. The fraction of sp³-hybridized carbons (Fsp3) is 0.299. The summed E-state index contributed by atoms with van der Waals surface area (Å²) in [6, 6.07) is 72.9. The van der Waals surface area contributed by atoms with Crippen LogP contribution in [-0.2, 0) is 32.5 Å². The Morgan fingerprint density at radius 1 is 0.370 bits per heavy atom. The van der Waals surface area contributed by atoms with E-state index in [-0.39, 0.29) is 39.2 Å². The summed E-state index contributed by atoms with van der Waals surface area (Å²) in [6.45, 7) is 36.0. The first-order valence-electron chi connectivity index (χ1n) is 29.8. The first kappa shape index (κ1) is 52.8. The molecule has 2 aliphatic carbocycles. The Bertz CT molecular complexity index is 3940. The zero-order valence-corrected chi connectivity index (χ0v) is 50.7. The normalized spacial score (nSPS) is 16.8. The minimum atomic E-state index is -0.0913. The molecule has 0 spiro atoms. The molecule has 4 heteroatoms. The van der Waals surface area contributed by atoms with Crippen molar-refractivity contribution in [2.45, 2.75) is 149 Å². The van der Waals surface area contributed by atoms with Crippen LogP contribution in [0.3, 0.4) is 0 Å². The second kappa shape index (κ2) is 18.2. The van der Waals surface area contributed by atoms with Gasteiger partial charge < -0.3 is 14.7 Å². The highest BCUT2D eigenvalue weighted by atomic mass is 15.2. The average Bonchev–Trinajstić information content (AvgIpc) is 3.97. The first-order valence-corrected chi connectivity index (χ1v) is 29.8. The van der Waals surface area contributed by atoms with E-state index in [1.165, 1.54) is 112 Å². The molecule has 0 unspecified atom stereocenters. The minimum absolute atomic E-state index is 0.0123. The maximum absolute atomic E-state index is 2.73. The monoisotopic (exact) mass is 1060 g/mol. The lowest BCUT2D eigenvalue weighted by atomic mass is 9.33. The standard InChI is InChI=1S/C77H80BN3/c1-49-39-53(72(2,3)4)33-37-65(49)80-67-36-32-51(50-25-19-16-20-26-50)41-63(67)78-64-45-61-62(77(14,15)48-76(61,12)13)46-68(64)81(70-44-57(43-69(80)71(70)78)79(55-27-21-17-22-28-55)56-29-23-18-24-30-56)66-38-34-54(73(5,6)7)42-58(66)52-31-35-59-60(40-52)75(10,11)47-74(59,8)9/h16-46H,47-48H2,1-15H3. The van der Waals surface area contributed by atoms with E-state index >= 15 is 0 Å². The zero-order valence-electron chi connectivity index (χ0n) is 50.7. The van der Waals surface area contributed by atoms with Crippen molar-refractivity contribution in [3.63, 3.8) is 0 Å². The van der Waals surface area contributed by atoms with Crippen LogP contribution in [0.1, 0.15) is 149 Å². The van der Waals surface area contributed by atoms with E-state index in [4.69, 9.17) is 0 Å². The number of hydrogen-bond acceptors (Lipinski definition) is 3. The van der Waals surface area contributed by atoms with Gasteiger partial charge in [0.1, 0.15) is 0 Å². The predicted molar refractivity (Wildman–Crippen MR) is 349 cm³/mol. The Morgan fingerprint density at radius 2 is 0.840 bits per heavy atom. The number of rotatable bonds is 7. The third-order valence-electron chi connectivity index (χ3n) is 19.0. The van der Waals surface area contributed by atoms with Crippen molar-refractivity contribution >= 4 is 74.3 Å². The molecule has 0 saturated carbocycles. The number of nitrogens with zero attached hydrogens (tertiary/aromatic N) is 3. The number of fused-ring (bicyclic) bond motifs is 6. The van der Waals surface area contributed by atoms with E-state index < -0.39 is 0 Å². The SMILES string of the molecule is Cc1cc(C(C)(C)C)ccc1N1c2ccc(-c3ccccc3)cc2B2c3cc4c(cc3N(c3ccc(C(C)(C)C)cc3-c3ccc5c(c3)C(C)(C)CC5(C)C)c3cc(N(c5ccccc5)c5ccccc5)cc1c32)C(C)(C)CC4(C)C. The second-order valence-corrected chi connectivity index (χ2v) is 29.0. The molecule has 0 bridgehead atoms. The van der Waals surface area contributed by atoms with E-state index in [0.29, 0.717) is 0 Å². The summed E-state index contributed by atoms with van der Waals surface area (Å²) in [6.07, 6.45) is 2.19. The maximum atomic E-state index is 2.73. The largest absolute Gasteiger partial charge is 0.311 e. The van der Waals surface area contributed by atoms with Gasteiger partial charge in [0.2, 0.25) is 0 Å². The van der Waals surface area contributed by atoms with E-state index in [1.807, 2.05) is 0 Å². The van der Waals surface area contributed by atoms with Crippen molar-refractivity contribution in [2.24, 2.45) is 0 Å². The van der Waals surface area contributed by atoms with Crippen LogP contribution < -0.4 is 31.1 Å². The Morgan fingerprint density at radius 3 is 1.41 bits per heavy atom. The van der Waals surface area contributed by atoms with Crippen LogP contribution in [0.4, 0.5) is 51.2 Å². The van der Waals surface area contributed by atoms with E-state index in [9.17, 15) is 0 Å². The van der Waals surface area contributed by atoms with Crippen molar-refractivity contribution in [3.05, 3.63) is 227 Å². The molecular formula is C77H80BN3. The molecule has 0 amide bonds. The van der Waals surface area contributed by atoms with Crippen LogP contribution in [-0.4, -0.2) is 6.71 Å². The molecule has 2 aliphatic heterocycles. The summed E-state index contributed by atoms with van der Waals surface area (Å²) >= 11 is 0. The van der Waals surface area contributed by atoms with Gasteiger partial charge in [0.15, 0.2) is 0 Å². The van der Waals surface area contributed by atoms with Crippen LogP contribution in [0.15, 0.2) is 188 Å². The Kier molecular flexibility index (Phi) is 11.9. The molecule has 9 aromatic rings. The molecule has 0 atom stereocenters. The Balaban J connectivity index is 1.20. The van der Waals surface area contributed by atoms with Crippen molar-refractivity contribution in [2.75, 3.05) is 14.7 Å². The summed E-state index contributed by atoms with van der Waals surface area (Å²) < 4.78 is 0. The van der Waals surface area contributed by atoms with Gasteiger partial charge in [-0.25, -0.2) is 0 Å². The lowest BCUT2D eigenvalue weighted by Crippen LogP contribution is -2.61. The summed E-state index contributed by atoms with van der Waals surface area (Å²) in [5.74, 6) is 0. The molecule has 4 aliphatic rings. The van der Waals surface area contributed by atoms with Gasteiger partial charge in [0, 0.05) is 45.4 Å². The summed E-state index contributed by atoms with van der Waals surface area (Å²) in [5, 5.41) is 0. The van der Waals surface area contributed by atoms with E-state index in [1.54, 1.807) is 0 Å². The van der Waals surface area contributed by atoms with E-state index in [0.717, 1.165) is 29.9 Å². The average molecular weight is 1060 g/mol. The van der Waals surface area contributed by atoms with Crippen LogP contribution in [0, 0.1) is 6.92 Å². The highest BCUT2D eigenvalue weighted by Gasteiger charge is 2.49. The van der Waals surface area contributed by atoms with E-state index in [2.05, 4.69) is 307 Å². The summed E-state index contributed by atoms with van der Waals surface area (Å²) in [7, 11) is 0. The van der Waals surface area contributed by atoms with Gasteiger partial charge in [-0.05, 0) is 191 Å². The van der Waals surface area contributed by atoms with Crippen molar-refractivity contribution < 1.29 is 0 Å². The number of anilines is 9. The lowest BCUT2D eigenvalue weighted by Gasteiger charge is -2.46. The van der Waals surface area contributed by atoms with Crippen LogP contribution in [0.5, 0.6) is 0 Å². The summed E-state index contributed by atoms with van der Waals surface area (Å²) in [4.78, 5) is 7.84. The van der Waals surface area contributed by atoms with Gasteiger partial charge in [0.05, 0.1) is 11.4 Å². The van der Waals surface area contributed by atoms with Crippen molar-refractivity contribution in [1.82, 2.24) is 0 Å². The van der Waals surface area contributed by atoms with Gasteiger partial charge in [-0.1, -0.05) is 218 Å². The van der Waals surface area contributed by atoms with Crippen LogP contribution in [0.2, 0.25) is 0 Å². The van der Waals surface area contributed by atoms with Gasteiger partial charge in [-0.3, -0.25) is 0 Å². The third-order valence-corrected chi connectivity index (χ3v) is 19.0. The molecule has 406 valence electrons. The maximum Gasteiger partial charge on any atom is 0.252 e. The molecule has 3 nitrogen and oxygen atoms in total. The molecule has 0 N–H and O–H groups in total. The highest BCUT2D eigenvalue weighted by molar-refractivity contribution is 7.00. The van der Waals surface area contributed by atoms with Gasteiger partial charge >= 0.3 is 0 Å². The quantitative estimate of drug-likeness (QED) is 0.147. The molecule has 0 radical (unpaired) electrons. The fourth-order valence-electron chi connectivity index (χ4n) is 15.5. The summed E-state index contributed by atoms with van der Waals surface area (Å²) in [5.41, 5.74) is 29.3. The first-order chi connectivity index (χ1) is 38.3. The molecule has 13 rings (SSSR count). The van der Waals surface area contributed by atoms with Crippen LogP contribution >= 0.6 is 0 Å². The van der Waals surface area contributed by atoms with Gasteiger partial charge in [-0.2, -0.15) is 0 Å². The molecule has 0 saturated heterocycles. The van der Waals surface area contributed by atoms with Gasteiger partial charge in [-0.15, -0.1) is 0 Å². The number of para-hydroxylation sites is 2. The lowest BCUT2D eigenvalue weighted by molar-refractivity contribution is 0.403. The Labute approximate surface area is 484 Å². The number of hydrogen-bond donors (Lipinski definition) is 0. The van der Waals surface area contributed by atoms with Crippen molar-refractivity contribution in [1.29, 1.82) is 0 Å². The van der Waals surface area contributed by atoms with Crippen molar-refractivity contribution in [3.8, 4) is 22.3 Å². The fourth-order valence-corrected chi connectivity index (χ4v) is 15.5. The Hall–Kier alpha value is -7.56. The highest BCUT2D eigenvalue weighted by Crippen LogP contribution is 2.56. The molecule has 0 aromatic heterocycles. The predicted octanol–water partition coefficient (Wildman–Crippen LogP) is 19.4. The minimum Gasteiger partial charge on any atom is -0.311 e. The molecule has 9 aromatic carbocycles. The molecule has 81 heavy (non-hydrogen) atoms. The van der Waals surface area contributed by atoms with Crippen LogP contribution in [0.25, 0.3) is 22.3 Å². The molecule has 2 heterocycles.